The molecule has 1 unspecified atom stereocenters. The first-order valence-electron chi connectivity index (χ1n) is 15.2. The fourth-order valence-corrected chi connectivity index (χ4v) is 6.25. The van der Waals surface area contributed by atoms with Crippen LogP contribution in [0.2, 0.25) is 0 Å². The molecule has 2 heterocycles. The number of nitrogens with zero attached hydrogens (tertiary/aromatic N) is 3. The summed E-state index contributed by atoms with van der Waals surface area (Å²) in [4.78, 5) is 7.48. The van der Waals surface area contributed by atoms with E-state index in [2.05, 4.69) is 120 Å². The quantitative estimate of drug-likeness (QED) is 0.310. The lowest BCUT2D eigenvalue weighted by Gasteiger charge is -2.40. The fraction of sp³-hybridized carbons (Fsp3) is 0.389. The van der Waals surface area contributed by atoms with Crippen molar-refractivity contribution in [1.82, 2.24) is 20.4 Å². The summed E-state index contributed by atoms with van der Waals surface area (Å²) in [6.07, 6.45) is 9.00. The molecule has 1 atom stereocenters. The van der Waals surface area contributed by atoms with E-state index in [-0.39, 0.29) is 5.92 Å². The van der Waals surface area contributed by atoms with Crippen LogP contribution in [-0.2, 0) is 0 Å². The highest BCUT2D eigenvalue weighted by Crippen LogP contribution is 2.31. The molecule has 0 spiro atoms. The summed E-state index contributed by atoms with van der Waals surface area (Å²) < 4.78 is 0. The molecule has 0 aromatic heterocycles. The second-order valence-electron chi connectivity index (χ2n) is 11.7. The number of nitrogens with one attached hydrogen (secondary N) is 2. The van der Waals surface area contributed by atoms with E-state index in [1.807, 2.05) is 0 Å². The molecule has 0 radical (unpaired) electrons. The van der Waals surface area contributed by atoms with Crippen molar-refractivity contribution < 1.29 is 0 Å². The van der Waals surface area contributed by atoms with E-state index in [1.54, 1.807) is 0 Å². The smallest absolute Gasteiger partial charge is 0.0561 e. The topological polar surface area (TPSA) is 33.8 Å². The van der Waals surface area contributed by atoms with E-state index in [1.165, 1.54) is 40.3 Å². The molecular formula is C36H47N5. The molecule has 5 nitrogen and oxygen atoms in total. The van der Waals surface area contributed by atoms with Gasteiger partial charge in [-0.3, -0.25) is 0 Å². The van der Waals surface area contributed by atoms with Gasteiger partial charge in [-0.1, -0.05) is 67.8 Å². The second-order valence-corrected chi connectivity index (χ2v) is 11.7. The van der Waals surface area contributed by atoms with Gasteiger partial charge in [-0.15, -0.1) is 0 Å². The molecule has 1 aliphatic carbocycles. The lowest BCUT2D eigenvalue weighted by Crippen LogP contribution is -2.47. The summed E-state index contributed by atoms with van der Waals surface area (Å²) in [7, 11) is 0. The first-order valence-corrected chi connectivity index (χ1v) is 15.2. The Morgan fingerprint density at radius 2 is 1.73 bits per heavy atom. The third-order valence-corrected chi connectivity index (χ3v) is 8.71. The molecule has 2 aromatic rings. The predicted octanol–water partition coefficient (Wildman–Crippen LogP) is 6.58. The van der Waals surface area contributed by atoms with E-state index in [0.717, 1.165) is 82.0 Å². The maximum atomic E-state index is 4.45. The normalized spacial score (nSPS) is 19.1. The van der Waals surface area contributed by atoms with E-state index < -0.39 is 0 Å². The van der Waals surface area contributed by atoms with Gasteiger partial charge in [0.25, 0.3) is 0 Å². The minimum atomic E-state index is 0.238. The molecule has 2 aliphatic heterocycles. The highest BCUT2D eigenvalue weighted by atomic mass is 15.3. The van der Waals surface area contributed by atoms with E-state index in [4.69, 9.17) is 0 Å². The Labute approximate surface area is 247 Å². The number of aryl methyl sites for hydroxylation is 2. The van der Waals surface area contributed by atoms with Crippen LogP contribution in [0.3, 0.4) is 0 Å². The van der Waals surface area contributed by atoms with Crippen molar-refractivity contribution >= 4 is 11.4 Å². The van der Waals surface area contributed by atoms with Gasteiger partial charge in [-0.2, -0.15) is 0 Å². The number of para-hydroxylation sites is 1. The first kappa shape index (κ1) is 28.7. The Balaban J connectivity index is 1.25. The molecule has 41 heavy (non-hydrogen) atoms. The Hall–Kier alpha value is -3.86. The molecule has 0 bridgehead atoms. The molecule has 216 valence electrons. The third-order valence-electron chi connectivity index (χ3n) is 8.71. The number of anilines is 1. The lowest BCUT2D eigenvalue weighted by atomic mass is 9.92. The van der Waals surface area contributed by atoms with Crippen LogP contribution in [0.25, 0.3) is 5.70 Å². The molecule has 2 saturated heterocycles. The van der Waals surface area contributed by atoms with Gasteiger partial charge in [-0.25, -0.2) is 0 Å². The summed E-state index contributed by atoms with van der Waals surface area (Å²) in [5.41, 5.74) is 10.9. The largest absolute Gasteiger partial charge is 0.388 e. The van der Waals surface area contributed by atoms with Gasteiger partial charge >= 0.3 is 0 Å². The maximum Gasteiger partial charge on any atom is 0.0561 e. The molecule has 5 rings (SSSR count). The predicted molar refractivity (Wildman–Crippen MR) is 174 cm³/mol. The molecule has 0 saturated carbocycles. The molecular weight excluding hydrogens is 502 g/mol. The Morgan fingerprint density at radius 1 is 0.951 bits per heavy atom. The van der Waals surface area contributed by atoms with Crippen molar-refractivity contribution in [2.24, 2.45) is 5.92 Å². The number of hydrogen-bond acceptors (Lipinski definition) is 5. The van der Waals surface area contributed by atoms with E-state index >= 15 is 0 Å². The fourth-order valence-electron chi connectivity index (χ4n) is 6.25. The number of rotatable bonds is 11. The van der Waals surface area contributed by atoms with Crippen LogP contribution in [0, 0.1) is 19.8 Å². The summed E-state index contributed by atoms with van der Waals surface area (Å²) in [6.45, 7) is 24.6. The summed E-state index contributed by atoms with van der Waals surface area (Å²) in [5, 5.41) is 7.38. The standard InChI is InChI=1S/C36H47N5/c1-27-11-8-14-32(25-27)31(5)38-34-26-33(30(4)37-18-10-20-39-19-9-13-29(39)3)16-17-36(34)41-23-21-40(22-24-41)35-15-7-6-12-28(35)2/h6-8,11-12,14-17,25,33,37-38H,3-5,9-10,13,18-24,26H2,1-2H3. The van der Waals surface area contributed by atoms with Crippen molar-refractivity contribution in [3.05, 3.63) is 120 Å². The molecule has 0 amide bonds. The summed E-state index contributed by atoms with van der Waals surface area (Å²) >= 11 is 0. The van der Waals surface area contributed by atoms with Gasteiger partial charge in [0.2, 0.25) is 0 Å². The van der Waals surface area contributed by atoms with Crippen molar-refractivity contribution in [2.45, 2.75) is 39.5 Å². The molecule has 5 heteroatoms. The van der Waals surface area contributed by atoms with Crippen LogP contribution in [0.4, 0.5) is 5.69 Å². The van der Waals surface area contributed by atoms with Gasteiger partial charge in [0.1, 0.15) is 0 Å². The molecule has 2 aromatic carbocycles. The highest BCUT2D eigenvalue weighted by Gasteiger charge is 2.26. The maximum absolute atomic E-state index is 4.45. The zero-order valence-electron chi connectivity index (χ0n) is 25.1. The van der Waals surface area contributed by atoms with Gasteiger partial charge in [-0.05, 0) is 62.4 Å². The number of hydrogen-bond donors (Lipinski definition) is 2. The monoisotopic (exact) mass is 549 g/mol. The zero-order valence-corrected chi connectivity index (χ0v) is 25.1. The number of piperazine rings is 1. The lowest BCUT2D eigenvalue weighted by molar-refractivity contribution is 0.322. The van der Waals surface area contributed by atoms with Gasteiger partial charge in [0, 0.05) is 86.6 Å². The average Bonchev–Trinajstić information content (AvgIpc) is 3.40. The number of allylic oxidation sites excluding steroid dienone is 4. The number of likely N-dealkylation sites (tertiary alicyclic amines) is 1. The van der Waals surface area contributed by atoms with E-state index in [9.17, 15) is 0 Å². The van der Waals surface area contributed by atoms with Gasteiger partial charge < -0.3 is 25.3 Å². The first-order chi connectivity index (χ1) is 19.9. The van der Waals surface area contributed by atoms with Crippen LogP contribution in [0.5, 0.6) is 0 Å². The summed E-state index contributed by atoms with van der Waals surface area (Å²) in [5.74, 6) is 0.238. The van der Waals surface area contributed by atoms with Crippen molar-refractivity contribution in [3.63, 3.8) is 0 Å². The summed E-state index contributed by atoms with van der Waals surface area (Å²) in [6, 6.07) is 17.3. The molecule has 2 fully saturated rings. The number of benzene rings is 2. The Bertz CT molecular complexity index is 1330. The molecule has 3 aliphatic rings. The van der Waals surface area contributed by atoms with Crippen molar-refractivity contribution in [3.8, 4) is 0 Å². The van der Waals surface area contributed by atoms with Crippen LogP contribution >= 0.6 is 0 Å². The van der Waals surface area contributed by atoms with Crippen molar-refractivity contribution in [1.29, 1.82) is 0 Å². The zero-order chi connectivity index (χ0) is 28.8. The van der Waals surface area contributed by atoms with E-state index in [0.29, 0.717) is 0 Å². The molecule has 2 N–H and O–H groups in total. The van der Waals surface area contributed by atoms with Gasteiger partial charge in [0.15, 0.2) is 0 Å². The second kappa shape index (κ2) is 13.2. The highest BCUT2D eigenvalue weighted by molar-refractivity contribution is 5.64. The van der Waals surface area contributed by atoms with Crippen LogP contribution in [0.15, 0.2) is 103 Å². The third kappa shape index (κ3) is 7.08. The minimum absolute atomic E-state index is 0.238. The van der Waals surface area contributed by atoms with Crippen LogP contribution in [0.1, 0.15) is 42.4 Å². The van der Waals surface area contributed by atoms with Crippen LogP contribution < -0.4 is 15.5 Å². The van der Waals surface area contributed by atoms with Crippen molar-refractivity contribution in [2.75, 3.05) is 50.7 Å². The Morgan fingerprint density at radius 3 is 2.46 bits per heavy atom. The van der Waals surface area contributed by atoms with Gasteiger partial charge in [0.05, 0.1) is 5.70 Å². The minimum Gasteiger partial charge on any atom is -0.388 e. The average molecular weight is 550 g/mol. The van der Waals surface area contributed by atoms with Crippen LogP contribution in [-0.4, -0.2) is 55.6 Å². The SMILES string of the molecule is C=C(NC1=C(N2CCN(c3ccccc3C)CC2)C=CC(C(=C)NCCCN2CCCC2=C)C1)c1cccc(C)c1. The Kier molecular flexibility index (Phi) is 9.23.